The minimum absolute atomic E-state index is 0.0587. The molecule has 13 heteroatoms. The Bertz CT molecular complexity index is 1610. The van der Waals surface area contributed by atoms with Crippen molar-refractivity contribution in [1.29, 1.82) is 0 Å². The third-order valence-corrected chi connectivity index (χ3v) is 8.38. The molecule has 0 bridgehead atoms. The Kier molecular flexibility index (Phi) is 8.49. The van der Waals surface area contributed by atoms with Crippen molar-refractivity contribution < 1.29 is 26.3 Å². The summed E-state index contributed by atoms with van der Waals surface area (Å²) in [6, 6.07) is 9.80. The first-order valence-electron chi connectivity index (χ1n) is 15.3. The second kappa shape index (κ2) is 12.2. The van der Waals surface area contributed by atoms with Crippen LogP contribution in [-0.4, -0.2) is 43.2 Å². The summed E-state index contributed by atoms with van der Waals surface area (Å²) in [5, 5.41) is 13.1. The number of pyridine rings is 1. The first-order chi connectivity index (χ1) is 21.4. The average molecular weight is 632 g/mol. The van der Waals surface area contributed by atoms with Crippen molar-refractivity contribution in [2.45, 2.75) is 71.0 Å². The third-order valence-electron chi connectivity index (χ3n) is 8.38. The Labute approximate surface area is 257 Å². The molecule has 2 aromatic heterocycles. The largest absolute Gasteiger partial charge is 0.416 e. The van der Waals surface area contributed by atoms with E-state index in [0.717, 1.165) is 85.2 Å². The molecule has 2 fully saturated rings. The molecule has 0 aliphatic heterocycles. The summed E-state index contributed by atoms with van der Waals surface area (Å²) in [6.07, 6.45) is -4.44. The first kappa shape index (κ1) is 31.3. The van der Waals surface area contributed by atoms with Crippen molar-refractivity contribution in [2.24, 2.45) is 18.9 Å². The number of benzene rings is 2. The van der Waals surface area contributed by atoms with Gasteiger partial charge in [-0.25, -0.2) is 4.98 Å². The lowest BCUT2D eigenvalue weighted by Gasteiger charge is -2.29. The molecule has 2 aromatic carbocycles. The molecule has 0 N–H and O–H groups in total. The zero-order chi connectivity index (χ0) is 31.9. The van der Waals surface area contributed by atoms with Gasteiger partial charge in [0.2, 0.25) is 0 Å². The fraction of sp³-hybridized carbons (Fsp3) is 0.500. The van der Waals surface area contributed by atoms with Gasteiger partial charge in [-0.3, -0.25) is 4.90 Å². The van der Waals surface area contributed by atoms with Crippen LogP contribution >= 0.6 is 0 Å². The molecule has 2 aliphatic carbocycles. The van der Waals surface area contributed by atoms with Crippen LogP contribution in [0.3, 0.4) is 0 Å². The predicted octanol–water partition coefficient (Wildman–Crippen LogP) is 7.19. The summed E-state index contributed by atoms with van der Waals surface area (Å²) >= 11 is 0. The van der Waals surface area contributed by atoms with Crippen LogP contribution in [0.5, 0.6) is 0 Å². The number of fused-ring (bicyclic) bond motifs is 1. The summed E-state index contributed by atoms with van der Waals surface area (Å²) in [5.74, 6) is 2.29. The van der Waals surface area contributed by atoms with Gasteiger partial charge >= 0.3 is 12.4 Å². The Morgan fingerprint density at radius 1 is 0.822 bits per heavy atom. The van der Waals surface area contributed by atoms with Crippen molar-refractivity contribution in [3.05, 3.63) is 76.1 Å². The number of aryl methyl sites for hydroxylation is 2. The van der Waals surface area contributed by atoms with E-state index >= 15 is 0 Å². The molecule has 6 rings (SSSR count). The molecule has 0 atom stereocenters. The number of alkyl halides is 6. The highest BCUT2D eigenvalue weighted by atomic mass is 19.4. The number of tetrazole rings is 1. The SMILES string of the molecule is CCc1cccc2cc(CN(Cc3cc(C(F)(F)F)cc(C(F)(F)F)c3)Cc3nnn(C)n3)c(N(CC3CC3)CC3CC3)nc12. The van der Waals surface area contributed by atoms with Crippen LogP contribution in [0.1, 0.15) is 66.2 Å². The number of hydrogen-bond donors (Lipinski definition) is 0. The maximum Gasteiger partial charge on any atom is 0.416 e. The topological polar surface area (TPSA) is 63.0 Å². The highest BCUT2D eigenvalue weighted by Crippen LogP contribution is 2.39. The van der Waals surface area contributed by atoms with Gasteiger partial charge in [0.25, 0.3) is 0 Å². The minimum atomic E-state index is -4.94. The fourth-order valence-electron chi connectivity index (χ4n) is 5.81. The monoisotopic (exact) mass is 631 g/mol. The highest BCUT2D eigenvalue weighted by molar-refractivity contribution is 5.85. The van der Waals surface area contributed by atoms with Crippen LogP contribution in [0.15, 0.2) is 42.5 Å². The van der Waals surface area contributed by atoms with E-state index in [1.165, 1.54) is 4.80 Å². The Morgan fingerprint density at radius 3 is 2.00 bits per heavy atom. The van der Waals surface area contributed by atoms with Crippen LogP contribution in [-0.2, 0) is 45.5 Å². The normalized spacial score (nSPS) is 15.8. The number of para-hydroxylation sites is 1. The quantitative estimate of drug-likeness (QED) is 0.154. The van der Waals surface area contributed by atoms with Gasteiger partial charge in [-0.05, 0) is 84.5 Å². The van der Waals surface area contributed by atoms with Crippen molar-refractivity contribution in [3.63, 3.8) is 0 Å². The van der Waals surface area contributed by atoms with Crippen molar-refractivity contribution in [1.82, 2.24) is 30.1 Å². The van der Waals surface area contributed by atoms with E-state index in [-0.39, 0.29) is 31.3 Å². The molecule has 2 aliphatic rings. The lowest BCUT2D eigenvalue weighted by Crippen LogP contribution is -2.31. The first-order valence-corrected chi connectivity index (χ1v) is 15.3. The molecule has 0 radical (unpaired) electrons. The molecule has 0 unspecified atom stereocenters. The summed E-state index contributed by atoms with van der Waals surface area (Å²) in [6.45, 7) is 3.87. The van der Waals surface area contributed by atoms with E-state index in [0.29, 0.717) is 17.7 Å². The van der Waals surface area contributed by atoms with Gasteiger partial charge in [0.1, 0.15) is 5.82 Å². The zero-order valence-corrected chi connectivity index (χ0v) is 25.2. The van der Waals surface area contributed by atoms with E-state index in [9.17, 15) is 26.3 Å². The maximum atomic E-state index is 13.7. The Balaban J connectivity index is 1.42. The minimum Gasteiger partial charge on any atom is -0.356 e. The van der Waals surface area contributed by atoms with Crippen molar-refractivity contribution in [2.75, 3.05) is 18.0 Å². The molecule has 4 aromatic rings. The van der Waals surface area contributed by atoms with Gasteiger partial charge in [0, 0.05) is 37.1 Å². The van der Waals surface area contributed by atoms with E-state index in [4.69, 9.17) is 4.98 Å². The smallest absolute Gasteiger partial charge is 0.356 e. The van der Waals surface area contributed by atoms with Gasteiger partial charge in [0.05, 0.1) is 30.2 Å². The third kappa shape index (κ3) is 7.74. The van der Waals surface area contributed by atoms with Gasteiger partial charge in [-0.1, -0.05) is 25.1 Å². The van der Waals surface area contributed by atoms with Crippen LogP contribution in [0.4, 0.5) is 32.2 Å². The van der Waals surface area contributed by atoms with Gasteiger partial charge < -0.3 is 4.90 Å². The number of halogens is 6. The standard InChI is InChI=1S/C32H35F6N7/c1-3-23-5-4-6-24-13-25(30(39-29(23)24)45(16-20-7-8-20)17-21-9-10-21)18-44(19-28-40-42-43(2)41-28)15-22-11-26(31(33,34)35)14-27(12-22)32(36,37)38/h4-6,11-14,20-21H,3,7-10,15-19H2,1-2H3. The summed E-state index contributed by atoms with van der Waals surface area (Å²) in [4.78, 5) is 10.6. The average Bonchev–Trinajstić information content (AvgIpc) is 3.91. The summed E-state index contributed by atoms with van der Waals surface area (Å²) < 4.78 is 82.3. The van der Waals surface area contributed by atoms with Crippen LogP contribution in [0.2, 0.25) is 0 Å². The van der Waals surface area contributed by atoms with Crippen molar-refractivity contribution in [3.8, 4) is 0 Å². The number of rotatable bonds is 12. The number of anilines is 1. The van der Waals surface area contributed by atoms with E-state index < -0.39 is 23.5 Å². The van der Waals surface area contributed by atoms with Gasteiger partial charge in [-0.2, -0.15) is 31.1 Å². The van der Waals surface area contributed by atoms with E-state index in [1.54, 1.807) is 11.9 Å². The Hall–Kier alpha value is -3.74. The fourth-order valence-corrected chi connectivity index (χ4v) is 5.81. The maximum absolute atomic E-state index is 13.7. The molecule has 7 nitrogen and oxygen atoms in total. The molecular weight excluding hydrogens is 596 g/mol. The van der Waals surface area contributed by atoms with Crippen LogP contribution in [0.25, 0.3) is 10.9 Å². The van der Waals surface area contributed by atoms with Crippen LogP contribution in [0, 0.1) is 11.8 Å². The highest BCUT2D eigenvalue weighted by Gasteiger charge is 2.37. The van der Waals surface area contributed by atoms with Crippen molar-refractivity contribution >= 4 is 16.7 Å². The summed E-state index contributed by atoms with van der Waals surface area (Å²) in [5.41, 5.74) is 0.0733. The molecular formula is C32H35F6N7. The number of aromatic nitrogens is 5. The molecule has 45 heavy (non-hydrogen) atoms. The van der Waals surface area contributed by atoms with E-state index in [1.807, 2.05) is 12.1 Å². The second-order valence-electron chi connectivity index (χ2n) is 12.4. The van der Waals surface area contributed by atoms with Crippen LogP contribution < -0.4 is 4.90 Å². The second-order valence-corrected chi connectivity index (χ2v) is 12.4. The molecule has 2 saturated carbocycles. The molecule has 0 amide bonds. The molecule has 240 valence electrons. The van der Waals surface area contributed by atoms with E-state index in [2.05, 4.69) is 39.4 Å². The number of nitrogens with zero attached hydrogens (tertiary/aromatic N) is 7. The zero-order valence-electron chi connectivity index (χ0n) is 25.2. The van der Waals surface area contributed by atoms with Gasteiger partial charge in [0.15, 0.2) is 5.82 Å². The van der Waals surface area contributed by atoms with Gasteiger partial charge in [-0.15, -0.1) is 10.2 Å². The summed E-state index contributed by atoms with van der Waals surface area (Å²) in [7, 11) is 1.59. The molecule has 2 heterocycles. The Morgan fingerprint density at radius 2 is 1.47 bits per heavy atom. The molecule has 0 spiro atoms. The molecule has 0 saturated heterocycles. The predicted molar refractivity (Wildman–Crippen MR) is 157 cm³/mol. The lowest BCUT2D eigenvalue weighted by atomic mass is 10.0. The number of hydrogen-bond acceptors (Lipinski definition) is 6. The lowest BCUT2D eigenvalue weighted by molar-refractivity contribution is -0.143.